The molecule has 0 radical (unpaired) electrons. The van der Waals surface area contributed by atoms with Gasteiger partial charge in [-0.05, 0) is 44.0 Å². The van der Waals surface area contributed by atoms with Gasteiger partial charge in [0.25, 0.3) is 0 Å². The summed E-state index contributed by atoms with van der Waals surface area (Å²) in [5, 5.41) is 11.5. The van der Waals surface area contributed by atoms with E-state index in [4.69, 9.17) is 5.73 Å². The minimum absolute atomic E-state index is 0. The van der Waals surface area contributed by atoms with Gasteiger partial charge in [-0.25, -0.2) is 0 Å². The van der Waals surface area contributed by atoms with Crippen molar-refractivity contribution in [2.24, 2.45) is 5.73 Å². The third kappa shape index (κ3) is 3.74. The number of hydrogen-bond donors (Lipinski definition) is 1. The predicted octanol–water partition coefficient (Wildman–Crippen LogP) is -2.72. The standard InChI is InChI=1S/C15H18N2O3.Na/c1-2-17-9-12(15(19)20)14(18)11-8-10(4-3-7-16)5-6-13(11)17;/h5-6,8-9H,2-4,7,16H2,1H3,(H,19,20);/q;+1/p-1. The zero-order chi connectivity index (χ0) is 14.7. The molecule has 0 saturated heterocycles. The first-order chi connectivity index (χ1) is 9.58. The predicted molar refractivity (Wildman–Crippen MR) is 75.6 cm³/mol. The first kappa shape index (κ1) is 17.9. The zero-order valence-electron chi connectivity index (χ0n) is 12.4. The SMILES string of the molecule is CCn1cc(C(=O)[O-])c(=O)c2cc(CCCN)ccc21.[Na+]. The van der Waals surface area contributed by atoms with Gasteiger partial charge in [0, 0.05) is 18.1 Å². The van der Waals surface area contributed by atoms with Crippen molar-refractivity contribution in [3.63, 3.8) is 0 Å². The van der Waals surface area contributed by atoms with Gasteiger partial charge in [0.1, 0.15) is 0 Å². The van der Waals surface area contributed by atoms with Crippen LogP contribution in [-0.4, -0.2) is 17.1 Å². The molecule has 0 aliphatic carbocycles. The molecule has 1 heterocycles. The molecule has 2 rings (SSSR count). The van der Waals surface area contributed by atoms with E-state index in [-0.39, 0.29) is 35.1 Å². The summed E-state index contributed by atoms with van der Waals surface area (Å²) in [4.78, 5) is 23.3. The molecule has 0 bridgehead atoms. The van der Waals surface area contributed by atoms with Gasteiger partial charge >= 0.3 is 29.6 Å². The average molecular weight is 296 g/mol. The number of aromatic carboxylic acids is 1. The molecule has 0 amide bonds. The number of carbonyl (C=O) groups excluding carboxylic acids is 1. The molecule has 21 heavy (non-hydrogen) atoms. The quantitative estimate of drug-likeness (QED) is 0.607. The Morgan fingerprint density at radius 3 is 2.67 bits per heavy atom. The molecule has 6 heteroatoms. The second-order valence-electron chi connectivity index (χ2n) is 4.69. The zero-order valence-corrected chi connectivity index (χ0v) is 14.4. The van der Waals surface area contributed by atoms with E-state index in [0.29, 0.717) is 18.5 Å². The van der Waals surface area contributed by atoms with E-state index >= 15 is 0 Å². The van der Waals surface area contributed by atoms with Crippen molar-refractivity contribution in [1.82, 2.24) is 4.57 Å². The molecule has 1 aromatic carbocycles. The van der Waals surface area contributed by atoms with Crippen molar-refractivity contribution < 1.29 is 39.5 Å². The first-order valence-electron chi connectivity index (χ1n) is 6.66. The van der Waals surface area contributed by atoms with Crippen molar-refractivity contribution in [1.29, 1.82) is 0 Å². The van der Waals surface area contributed by atoms with Crippen LogP contribution in [-0.2, 0) is 13.0 Å². The second kappa shape index (κ2) is 7.75. The Hall–Kier alpha value is -1.14. The molecule has 2 aromatic rings. The molecule has 0 spiro atoms. The van der Waals surface area contributed by atoms with Crippen LogP contribution in [0.1, 0.15) is 29.3 Å². The van der Waals surface area contributed by atoms with E-state index in [0.717, 1.165) is 23.9 Å². The van der Waals surface area contributed by atoms with Crippen LogP contribution in [0.25, 0.3) is 10.9 Å². The van der Waals surface area contributed by atoms with Crippen LogP contribution in [0.15, 0.2) is 29.2 Å². The van der Waals surface area contributed by atoms with Gasteiger partial charge in [-0.1, -0.05) is 6.07 Å². The molecule has 106 valence electrons. The number of carboxylic acids is 1. The summed E-state index contributed by atoms with van der Waals surface area (Å²) >= 11 is 0. The van der Waals surface area contributed by atoms with Crippen LogP contribution in [0, 0.1) is 0 Å². The van der Waals surface area contributed by atoms with E-state index in [9.17, 15) is 14.7 Å². The number of aromatic nitrogens is 1. The summed E-state index contributed by atoms with van der Waals surface area (Å²) in [5.41, 5.74) is 6.41. The second-order valence-corrected chi connectivity index (χ2v) is 4.69. The summed E-state index contributed by atoms with van der Waals surface area (Å²) < 4.78 is 1.74. The van der Waals surface area contributed by atoms with Crippen LogP contribution < -0.4 is 45.8 Å². The molecule has 0 unspecified atom stereocenters. The van der Waals surface area contributed by atoms with Crippen molar-refractivity contribution >= 4 is 16.9 Å². The van der Waals surface area contributed by atoms with Crippen molar-refractivity contribution in [2.75, 3.05) is 6.54 Å². The third-order valence-corrected chi connectivity index (χ3v) is 3.37. The van der Waals surface area contributed by atoms with Gasteiger partial charge in [0.2, 0.25) is 0 Å². The number of pyridine rings is 1. The number of carbonyl (C=O) groups is 1. The average Bonchev–Trinajstić information content (AvgIpc) is 2.45. The Kier molecular flexibility index (Phi) is 6.61. The van der Waals surface area contributed by atoms with E-state index in [1.165, 1.54) is 6.20 Å². The Bertz CT molecular complexity index is 710. The van der Waals surface area contributed by atoms with E-state index in [2.05, 4.69) is 0 Å². The van der Waals surface area contributed by atoms with Crippen molar-refractivity contribution in [3.05, 3.63) is 45.7 Å². The Morgan fingerprint density at radius 2 is 2.10 bits per heavy atom. The molecule has 0 aliphatic rings. The van der Waals surface area contributed by atoms with E-state index in [1.54, 1.807) is 10.6 Å². The van der Waals surface area contributed by atoms with Crippen LogP contribution in [0.2, 0.25) is 0 Å². The molecule has 1 aromatic heterocycles. The monoisotopic (exact) mass is 296 g/mol. The van der Waals surface area contributed by atoms with Crippen LogP contribution in [0.5, 0.6) is 0 Å². The minimum atomic E-state index is -1.44. The third-order valence-electron chi connectivity index (χ3n) is 3.37. The molecule has 0 aliphatic heterocycles. The number of aryl methyl sites for hydroxylation is 2. The minimum Gasteiger partial charge on any atom is -0.545 e. The topological polar surface area (TPSA) is 88.2 Å². The molecular weight excluding hydrogens is 279 g/mol. The fourth-order valence-electron chi connectivity index (χ4n) is 2.31. The van der Waals surface area contributed by atoms with Gasteiger partial charge in [-0.15, -0.1) is 0 Å². The Morgan fingerprint density at radius 1 is 1.38 bits per heavy atom. The molecule has 2 N–H and O–H groups in total. The maximum Gasteiger partial charge on any atom is 1.00 e. The number of rotatable bonds is 5. The summed E-state index contributed by atoms with van der Waals surface area (Å²) in [6, 6.07) is 5.55. The number of fused-ring (bicyclic) bond motifs is 1. The smallest absolute Gasteiger partial charge is 0.545 e. The summed E-state index contributed by atoms with van der Waals surface area (Å²) in [7, 11) is 0. The van der Waals surface area contributed by atoms with Gasteiger partial charge < -0.3 is 20.2 Å². The van der Waals surface area contributed by atoms with Gasteiger partial charge in [-0.3, -0.25) is 4.79 Å². The number of nitrogens with zero attached hydrogens (tertiary/aromatic N) is 1. The molecule has 5 nitrogen and oxygen atoms in total. The van der Waals surface area contributed by atoms with Crippen LogP contribution in [0.3, 0.4) is 0 Å². The largest absolute Gasteiger partial charge is 1.00 e. The van der Waals surface area contributed by atoms with Crippen LogP contribution >= 0.6 is 0 Å². The first-order valence-corrected chi connectivity index (χ1v) is 6.66. The Balaban J connectivity index is 0.00000220. The van der Waals surface area contributed by atoms with Crippen molar-refractivity contribution in [2.45, 2.75) is 26.3 Å². The molecule has 0 fully saturated rings. The molecule has 0 atom stereocenters. The summed E-state index contributed by atoms with van der Waals surface area (Å²) in [6.45, 7) is 3.06. The Labute approximate surface area is 145 Å². The van der Waals surface area contributed by atoms with E-state index in [1.807, 2.05) is 19.1 Å². The van der Waals surface area contributed by atoms with Gasteiger partial charge in [0.05, 0.1) is 17.0 Å². The van der Waals surface area contributed by atoms with E-state index < -0.39 is 11.4 Å². The molecular formula is C15H17N2NaO3. The normalized spacial score (nSPS) is 10.4. The fraction of sp³-hybridized carbons (Fsp3) is 0.333. The number of hydrogen-bond acceptors (Lipinski definition) is 4. The van der Waals surface area contributed by atoms with Crippen molar-refractivity contribution in [3.8, 4) is 0 Å². The number of nitrogens with two attached hydrogens (primary N) is 1. The van der Waals surface area contributed by atoms with Gasteiger partial charge in [0.15, 0.2) is 5.43 Å². The maximum atomic E-state index is 12.2. The fourth-order valence-corrected chi connectivity index (χ4v) is 2.31. The summed E-state index contributed by atoms with van der Waals surface area (Å²) in [5.74, 6) is -1.44. The summed E-state index contributed by atoms with van der Waals surface area (Å²) in [6.07, 6.45) is 2.95. The van der Waals surface area contributed by atoms with Crippen LogP contribution in [0.4, 0.5) is 0 Å². The number of carboxylic acid groups (broad SMARTS) is 1. The maximum absolute atomic E-state index is 12.2. The van der Waals surface area contributed by atoms with Gasteiger partial charge in [-0.2, -0.15) is 0 Å². The molecule has 0 saturated carbocycles. The number of benzene rings is 1.